The van der Waals surface area contributed by atoms with Gasteiger partial charge in [-0.05, 0) is 56.3 Å². The molecule has 5 nitrogen and oxygen atoms in total. The van der Waals surface area contributed by atoms with Crippen molar-refractivity contribution in [2.75, 3.05) is 13.2 Å². The molecule has 3 atom stereocenters. The molecular weight excluding hydrogens is 258 g/mol. The number of hydrogen-bond donors (Lipinski definition) is 0. The third-order valence-electron chi connectivity index (χ3n) is 6.03. The van der Waals surface area contributed by atoms with E-state index in [-0.39, 0.29) is 23.9 Å². The second-order valence-corrected chi connectivity index (χ2v) is 7.17. The number of hydrogen-bond acceptors (Lipinski definition) is 4. The summed E-state index contributed by atoms with van der Waals surface area (Å²) in [4.78, 5) is 22.6. The maximum absolute atomic E-state index is 11.8. The summed E-state index contributed by atoms with van der Waals surface area (Å²) in [6.45, 7) is 2.06. The number of rotatable bonds is 5. The maximum Gasteiger partial charge on any atom is 0.306 e. The quantitative estimate of drug-likeness (QED) is 0.441. The SMILES string of the molecule is CCOC(=O)C[C@@]1(C[N+](=O)[O-])C[C@H]2CC3(CCC3)C[C@H]21. The summed E-state index contributed by atoms with van der Waals surface area (Å²) in [7, 11) is 0. The Kier molecular flexibility index (Phi) is 3.26. The molecule has 0 saturated heterocycles. The van der Waals surface area contributed by atoms with Crippen LogP contribution in [0.4, 0.5) is 0 Å². The molecule has 112 valence electrons. The Morgan fingerprint density at radius 3 is 2.65 bits per heavy atom. The van der Waals surface area contributed by atoms with Crippen LogP contribution in [0.3, 0.4) is 0 Å². The van der Waals surface area contributed by atoms with Crippen LogP contribution in [0.15, 0.2) is 0 Å². The van der Waals surface area contributed by atoms with E-state index in [1.807, 2.05) is 0 Å². The molecule has 1 spiro atoms. The molecule has 0 aliphatic heterocycles. The Morgan fingerprint density at radius 1 is 1.35 bits per heavy atom. The van der Waals surface area contributed by atoms with Crippen LogP contribution in [0.5, 0.6) is 0 Å². The zero-order valence-corrected chi connectivity index (χ0v) is 12.1. The minimum atomic E-state index is -0.417. The summed E-state index contributed by atoms with van der Waals surface area (Å²) in [6, 6.07) is 0. The first kappa shape index (κ1) is 13.8. The first-order valence-corrected chi connectivity index (χ1v) is 7.76. The molecule has 3 aliphatic rings. The molecule has 3 saturated carbocycles. The topological polar surface area (TPSA) is 69.4 Å². The second-order valence-electron chi connectivity index (χ2n) is 7.17. The summed E-state index contributed by atoms with van der Waals surface area (Å²) < 4.78 is 5.03. The lowest BCUT2D eigenvalue weighted by atomic mass is 9.53. The number of carbonyl (C=O) groups excluding carboxylic acids is 1. The van der Waals surface area contributed by atoms with Gasteiger partial charge in [0, 0.05) is 10.3 Å². The van der Waals surface area contributed by atoms with Gasteiger partial charge in [0.2, 0.25) is 6.54 Å². The number of nitro groups is 1. The summed E-state index contributed by atoms with van der Waals surface area (Å²) >= 11 is 0. The van der Waals surface area contributed by atoms with E-state index in [2.05, 4.69) is 0 Å². The van der Waals surface area contributed by atoms with Crippen LogP contribution in [0.1, 0.15) is 51.9 Å². The van der Waals surface area contributed by atoms with E-state index in [1.165, 1.54) is 25.7 Å². The van der Waals surface area contributed by atoms with Gasteiger partial charge in [0.1, 0.15) is 0 Å². The van der Waals surface area contributed by atoms with E-state index < -0.39 is 5.41 Å². The molecule has 0 radical (unpaired) electrons. The molecule has 3 fully saturated rings. The minimum absolute atomic E-state index is 0.0664. The average Bonchev–Trinajstić information content (AvgIpc) is 2.63. The molecule has 0 N–H and O–H groups in total. The molecule has 3 aliphatic carbocycles. The van der Waals surface area contributed by atoms with Crippen LogP contribution in [0, 0.1) is 32.8 Å². The van der Waals surface area contributed by atoms with Crippen molar-refractivity contribution in [2.24, 2.45) is 22.7 Å². The van der Waals surface area contributed by atoms with Crippen LogP contribution in [0.2, 0.25) is 0 Å². The van der Waals surface area contributed by atoms with Crippen LogP contribution < -0.4 is 0 Å². The largest absolute Gasteiger partial charge is 0.466 e. The highest BCUT2D eigenvalue weighted by atomic mass is 16.6. The first-order valence-electron chi connectivity index (χ1n) is 7.76. The van der Waals surface area contributed by atoms with E-state index >= 15 is 0 Å². The van der Waals surface area contributed by atoms with Crippen molar-refractivity contribution >= 4 is 5.97 Å². The summed E-state index contributed by atoms with van der Waals surface area (Å²) in [5, 5.41) is 11.0. The summed E-state index contributed by atoms with van der Waals surface area (Å²) in [6.07, 6.45) is 7.30. The van der Waals surface area contributed by atoms with Gasteiger partial charge in [0.25, 0.3) is 0 Å². The molecule has 0 aromatic rings. The molecule has 5 heteroatoms. The number of nitrogens with zero attached hydrogens (tertiary/aromatic N) is 1. The molecule has 0 amide bonds. The Labute approximate surface area is 119 Å². The fraction of sp³-hybridized carbons (Fsp3) is 0.933. The molecule has 0 heterocycles. The first-order chi connectivity index (χ1) is 9.49. The predicted octanol–water partition coefficient (Wildman–Crippen LogP) is 2.80. The van der Waals surface area contributed by atoms with Gasteiger partial charge in [-0.3, -0.25) is 14.9 Å². The summed E-state index contributed by atoms with van der Waals surface area (Å²) in [5.41, 5.74) is 0.0574. The Bertz CT molecular complexity index is 432. The van der Waals surface area contributed by atoms with Gasteiger partial charge >= 0.3 is 5.97 Å². The van der Waals surface area contributed by atoms with Crippen molar-refractivity contribution in [1.82, 2.24) is 0 Å². The van der Waals surface area contributed by atoms with Crippen LogP contribution in [0.25, 0.3) is 0 Å². The van der Waals surface area contributed by atoms with Gasteiger partial charge in [-0.2, -0.15) is 0 Å². The molecule has 0 aromatic heterocycles. The number of carbonyl (C=O) groups is 1. The molecule has 3 rings (SSSR count). The third-order valence-corrected chi connectivity index (χ3v) is 6.03. The van der Waals surface area contributed by atoms with Crippen LogP contribution in [-0.2, 0) is 9.53 Å². The van der Waals surface area contributed by atoms with Crippen molar-refractivity contribution in [3.63, 3.8) is 0 Å². The third kappa shape index (κ3) is 2.11. The van der Waals surface area contributed by atoms with Crippen molar-refractivity contribution in [3.8, 4) is 0 Å². The van der Waals surface area contributed by atoms with E-state index in [1.54, 1.807) is 6.92 Å². The fourth-order valence-electron chi connectivity index (χ4n) is 5.14. The highest BCUT2D eigenvalue weighted by Gasteiger charge is 2.65. The van der Waals surface area contributed by atoms with Gasteiger partial charge in [-0.1, -0.05) is 6.42 Å². The minimum Gasteiger partial charge on any atom is -0.466 e. The van der Waals surface area contributed by atoms with Gasteiger partial charge in [0.05, 0.1) is 13.0 Å². The zero-order valence-electron chi connectivity index (χ0n) is 12.1. The Hall–Kier alpha value is -1.13. The molecule has 0 aromatic carbocycles. The second kappa shape index (κ2) is 4.71. The zero-order chi connectivity index (χ0) is 14.4. The highest BCUT2D eigenvalue weighted by molar-refractivity contribution is 5.70. The lowest BCUT2D eigenvalue weighted by molar-refractivity contribution is -0.506. The molecule has 20 heavy (non-hydrogen) atoms. The van der Waals surface area contributed by atoms with E-state index in [0.29, 0.717) is 23.9 Å². The van der Waals surface area contributed by atoms with E-state index in [0.717, 1.165) is 12.8 Å². The Balaban J connectivity index is 1.72. The normalized spacial score (nSPS) is 36.9. The summed E-state index contributed by atoms with van der Waals surface area (Å²) in [5.74, 6) is 0.727. The number of ether oxygens (including phenoxy) is 1. The average molecular weight is 281 g/mol. The van der Waals surface area contributed by atoms with Gasteiger partial charge in [0.15, 0.2) is 0 Å². The van der Waals surface area contributed by atoms with Crippen molar-refractivity contribution in [2.45, 2.75) is 51.9 Å². The number of fused-ring (bicyclic) bond motifs is 1. The fourth-order valence-corrected chi connectivity index (χ4v) is 5.14. The highest BCUT2D eigenvalue weighted by Crippen LogP contribution is 2.69. The van der Waals surface area contributed by atoms with Crippen LogP contribution >= 0.6 is 0 Å². The van der Waals surface area contributed by atoms with Crippen molar-refractivity contribution < 1.29 is 14.5 Å². The lowest BCUT2D eigenvalue weighted by Gasteiger charge is -2.49. The molecular formula is C15H23NO4. The predicted molar refractivity (Wildman–Crippen MR) is 72.7 cm³/mol. The Morgan fingerprint density at radius 2 is 2.10 bits per heavy atom. The van der Waals surface area contributed by atoms with E-state index in [4.69, 9.17) is 4.74 Å². The lowest BCUT2D eigenvalue weighted by Crippen LogP contribution is -2.51. The standard InChI is InChI=1S/C15H23NO4/c1-2-20-13(17)9-15(10-16(18)19)7-11-6-14(4-3-5-14)8-12(11)15/h11-12H,2-10H2,1H3/t11-,12-,15-/m1/s1. The van der Waals surface area contributed by atoms with Gasteiger partial charge in [-0.15, -0.1) is 0 Å². The van der Waals surface area contributed by atoms with Gasteiger partial charge in [-0.25, -0.2) is 0 Å². The van der Waals surface area contributed by atoms with Crippen LogP contribution in [-0.4, -0.2) is 24.0 Å². The van der Waals surface area contributed by atoms with Gasteiger partial charge < -0.3 is 4.74 Å². The monoisotopic (exact) mass is 281 g/mol. The maximum atomic E-state index is 11.8. The van der Waals surface area contributed by atoms with Crippen molar-refractivity contribution in [3.05, 3.63) is 10.1 Å². The van der Waals surface area contributed by atoms with Crippen molar-refractivity contribution in [1.29, 1.82) is 0 Å². The smallest absolute Gasteiger partial charge is 0.306 e. The molecule has 0 bridgehead atoms. The van der Waals surface area contributed by atoms with E-state index in [9.17, 15) is 14.9 Å². The number of esters is 1. The molecule has 0 unspecified atom stereocenters.